The lowest BCUT2D eigenvalue weighted by atomic mass is 10.0. The third kappa shape index (κ3) is 3.44. The normalized spacial score (nSPS) is 21.6. The van der Waals surface area contributed by atoms with E-state index in [-0.39, 0.29) is 0 Å². The zero-order valence-corrected chi connectivity index (χ0v) is 11.7. The van der Waals surface area contributed by atoms with Crippen LogP contribution in [-0.4, -0.2) is 36.2 Å². The lowest BCUT2D eigenvalue weighted by Crippen LogP contribution is -2.43. The summed E-state index contributed by atoms with van der Waals surface area (Å²) in [6.07, 6.45) is 2.50. The first-order valence-corrected chi connectivity index (χ1v) is 6.85. The molecule has 17 heavy (non-hydrogen) atoms. The minimum Gasteiger partial charge on any atom is -0.508 e. The van der Waals surface area contributed by atoms with Gasteiger partial charge in [-0.05, 0) is 50.2 Å². The Hall–Kier alpha value is -0.580. The van der Waals surface area contributed by atoms with E-state index in [9.17, 15) is 5.11 Å². The molecule has 0 radical (unpaired) electrons. The number of rotatable bonds is 3. The second-order valence-corrected chi connectivity index (χ2v) is 5.49. The van der Waals surface area contributed by atoms with Crippen molar-refractivity contribution in [1.29, 1.82) is 0 Å². The van der Waals surface area contributed by atoms with Gasteiger partial charge in [0.1, 0.15) is 5.75 Å². The van der Waals surface area contributed by atoms with Gasteiger partial charge in [0, 0.05) is 23.6 Å². The number of nitrogens with zero attached hydrogens (tertiary/aromatic N) is 1. The number of aromatic hydroxyl groups is 1. The lowest BCUT2D eigenvalue weighted by Gasteiger charge is -2.32. The van der Waals surface area contributed by atoms with E-state index >= 15 is 0 Å². The topological polar surface area (TPSA) is 35.5 Å². The van der Waals surface area contributed by atoms with Crippen molar-refractivity contribution in [2.45, 2.75) is 25.4 Å². The van der Waals surface area contributed by atoms with Gasteiger partial charge in [-0.3, -0.25) is 4.90 Å². The molecule has 0 bridgehead atoms. The number of piperidine rings is 1. The molecule has 1 aromatic carbocycles. The minimum absolute atomic E-state index is 0.338. The van der Waals surface area contributed by atoms with Crippen LogP contribution < -0.4 is 5.32 Å². The summed E-state index contributed by atoms with van der Waals surface area (Å²) >= 11 is 3.54. The molecule has 1 fully saturated rings. The lowest BCUT2D eigenvalue weighted by molar-refractivity contribution is 0.187. The number of phenols is 1. The molecule has 2 rings (SSSR count). The predicted octanol–water partition coefficient (Wildman–Crippen LogP) is 2.34. The summed E-state index contributed by atoms with van der Waals surface area (Å²) in [5.74, 6) is 0.338. The maximum absolute atomic E-state index is 9.51. The Labute approximate surface area is 111 Å². The monoisotopic (exact) mass is 298 g/mol. The third-order valence-electron chi connectivity index (χ3n) is 3.34. The molecule has 0 spiro atoms. The van der Waals surface area contributed by atoms with Gasteiger partial charge in [0.25, 0.3) is 0 Å². The maximum atomic E-state index is 9.51. The van der Waals surface area contributed by atoms with Crippen molar-refractivity contribution in [2.75, 3.05) is 20.1 Å². The van der Waals surface area contributed by atoms with Gasteiger partial charge in [-0.1, -0.05) is 15.9 Å². The molecule has 1 heterocycles. The highest BCUT2D eigenvalue weighted by atomic mass is 79.9. The van der Waals surface area contributed by atoms with E-state index in [0.29, 0.717) is 11.8 Å². The standard InChI is InChI=1S/C13H19BrN2O/c1-15-11-3-2-6-16(9-11)8-10-7-12(17)4-5-13(10)14/h4-5,7,11,15,17H,2-3,6,8-9H2,1H3. The number of likely N-dealkylation sites (N-methyl/N-ethyl adjacent to an activating group) is 1. The van der Waals surface area contributed by atoms with Crippen molar-refractivity contribution in [3.05, 3.63) is 28.2 Å². The van der Waals surface area contributed by atoms with Crippen molar-refractivity contribution >= 4 is 15.9 Å². The van der Waals surface area contributed by atoms with Gasteiger partial charge in [0.15, 0.2) is 0 Å². The quantitative estimate of drug-likeness (QED) is 0.899. The largest absolute Gasteiger partial charge is 0.508 e. The molecule has 4 heteroatoms. The van der Waals surface area contributed by atoms with Crippen LogP contribution in [0.15, 0.2) is 22.7 Å². The Morgan fingerprint density at radius 2 is 2.35 bits per heavy atom. The van der Waals surface area contributed by atoms with Crippen molar-refractivity contribution in [1.82, 2.24) is 10.2 Å². The maximum Gasteiger partial charge on any atom is 0.115 e. The van der Waals surface area contributed by atoms with Gasteiger partial charge in [-0.2, -0.15) is 0 Å². The van der Waals surface area contributed by atoms with Crippen molar-refractivity contribution in [3.63, 3.8) is 0 Å². The van der Waals surface area contributed by atoms with E-state index in [2.05, 4.69) is 26.1 Å². The molecule has 1 aromatic rings. The van der Waals surface area contributed by atoms with Crippen LogP contribution in [0.4, 0.5) is 0 Å². The SMILES string of the molecule is CNC1CCCN(Cc2cc(O)ccc2Br)C1. The number of hydrogen-bond acceptors (Lipinski definition) is 3. The average Bonchev–Trinajstić information content (AvgIpc) is 2.34. The molecule has 0 aromatic heterocycles. The Balaban J connectivity index is 2.02. The van der Waals surface area contributed by atoms with Crippen LogP contribution in [0.2, 0.25) is 0 Å². The van der Waals surface area contributed by atoms with E-state index in [1.54, 1.807) is 6.07 Å². The van der Waals surface area contributed by atoms with Gasteiger partial charge < -0.3 is 10.4 Å². The highest BCUT2D eigenvalue weighted by Crippen LogP contribution is 2.24. The third-order valence-corrected chi connectivity index (χ3v) is 4.11. The molecule has 2 N–H and O–H groups in total. The van der Waals surface area contributed by atoms with Crippen LogP contribution in [0.25, 0.3) is 0 Å². The minimum atomic E-state index is 0.338. The molecule has 1 unspecified atom stereocenters. The van der Waals surface area contributed by atoms with Crippen LogP contribution in [0.3, 0.4) is 0 Å². The summed E-state index contributed by atoms with van der Waals surface area (Å²) in [5.41, 5.74) is 1.15. The zero-order valence-electron chi connectivity index (χ0n) is 10.1. The first-order chi connectivity index (χ1) is 8.19. The fourth-order valence-electron chi connectivity index (χ4n) is 2.36. The van der Waals surface area contributed by atoms with Crippen LogP contribution in [-0.2, 0) is 6.54 Å². The summed E-state index contributed by atoms with van der Waals surface area (Å²) in [7, 11) is 2.03. The molecule has 0 saturated carbocycles. The molecule has 0 amide bonds. The molecule has 1 aliphatic heterocycles. The summed E-state index contributed by atoms with van der Waals surface area (Å²) < 4.78 is 1.07. The van der Waals surface area contributed by atoms with Crippen LogP contribution >= 0.6 is 15.9 Å². The molecular formula is C13H19BrN2O. The van der Waals surface area contributed by atoms with Crippen molar-refractivity contribution in [3.8, 4) is 5.75 Å². The van der Waals surface area contributed by atoms with Gasteiger partial charge in [-0.25, -0.2) is 0 Å². The number of phenolic OH excluding ortho intramolecular Hbond substituents is 1. The highest BCUT2D eigenvalue weighted by Gasteiger charge is 2.19. The van der Waals surface area contributed by atoms with Gasteiger partial charge in [0.2, 0.25) is 0 Å². The molecule has 1 saturated heterocycles. The Morgan fingerprint density at radius 3 is 3.12 bits per heavy atom. The molecule has 3 nitrogen and oxygen atoms in total. The zero-order chi connectivity index (χ0) is 12.3. The smallest absolute Gasteiger partial charge is 0.115 e. The average molecular weight is 299 g/mol. The van der Waals surface area contributed by atoms with Gasteiger partial charge >= 0.3 is 0 Å². The summed E-state index contributed by atoms with van der Waals surface area (Å²) in [4.78, 5) is 2.43. The first kappa shape index (κ1) is 12.9. The number of benzene rings is 1. The summed E-state index contributed by atoms with van der Waals surface area (Å²) in [6.45, 7) is 3.12. The number of likely N-dealkylation sites (tertiary alicyclic amines) is 1. The highest BCUT2D eigenvalue weighted by molar-refractivity contribution is 9.10. The fourth-order valence-corrected chi connectivity index (χ4v) is 2.73. The number of halogens is 1. The van der Waals surface area contributed by atoms with Crippen molar-refractivity contribution in [2.24, 2.45) is 0 Å². The summed E-state index contributed by atoms with van der Waals surface area (Å²) in [6, 6.07) is 6.05. The molecular weight excluding hydrogens is 280 g/mol. The van der Waals surface area contributed by atoms with E-state index in [1.807, 2.05) is 19.2 Å². The van der Waals surface area contributed by atoms with Crippen LogP contribution in [0, 0.1) is 0 Å². The second-order valence-electron chi connectivity index (χ2n) is 4.64. The molecule has 1 aliphatic rings. The Morgan fingerprint density at radius 1 is 1.53 bits per heavy atom. The molecule has 0 aliphatic carbocycles. The summed E-state index contributed by atoms with van der Waals surface area (Å²) in [5, 5.41) is 12.9. The van der Waals surface area contributed by atoms with Crippen molar-refractivity contribution < 1.29 is 5.11 Å². The Kier molecular flexibility index (Phi) is 4.42. The predicted molar refractivity (Wildman–Crippen MR) is 73.2 cm³/mol. The van der Waals surface area contributed by atoms with E-state index in [4.69, 9.17) is 0 Å². The molecule has 94 valence electrons. The molecule has 1 atom stereocenters. The second kappa shape index (κ2) is 5.85. The number of nitrogens with one attached hydrogen (secondary N) is 1. The van der Waals surface area contributed by atoms with Crippen LogP contribution in [0.1, 0.15) is 18.4 Å². The fraction of sp³-hybridized carbons (Fsp3) is 0.538. The van der Waals surface area contributed by atoms with Crippen LogP contribution in [0.5, 0.6) is 5.75 Å². The number of hydrogen-bond donors (Lipinski definition) is 2. The van der Waals surface area contributed by atoms with Gasteiger partial charge in [0.05, 0.1) is 0 Å². The van der Waals surface area contributed by atoms with Gasteiger partial charge in [-0.15, -0.1) is 0 Å². The Bertz CT molecular complexity index is 384. The van der Waals surface area contributed by atoms with E-state index in [1.165, 1.54) is 12.8 Å². The van der Waals surface area contributed by atoms with E-state index < -0.39 is 0 Å². The first-order valence-electron chi connectivity index (χ1n) is 6.06. The van der Waals surface area contributed by atoms with E-state index in [0.717, 1.165) is 29.7 Å².